The van der Waals surface area contributed by atoms with E-state index in [1.54, 1.807) is 0 Å². The minimum Gasteiger partial charge on any atom is -0.462 e. The lowest BCUT2D eigenvalue weighted by atomic mass is 10.1. The first-order valence-electron chi connectivity index (χ1n) is 23.2. The molecular weight excluding hydrogens is 762 g/mol. The number of hydrogen-bond donors (Lipinski definition) is 1. The number of carbonyl (C=O) groups is 2. The molecule has 340 valence electrons. The zero-order valence-electron chi connectivity index (χ0n) is 38.2. The highest BCUT2D eigenvalue weighted by Crippen LogP contribution is 2.43. The third-order valence-electron chi connectivity index (χ3n) is 9.50. The minimum absolute atomic E-state index is 0.0274. The van der Waals surface area contributed by atoms with Gasteiger partial charge in [-0.3, -0.25) is 18.6 Å². The molecule has 0 rings (SSSR count). The molecule has 0 aliphatic heterocycles. The second kappa shape index (κ2) is 40.8. The number of hydrogen-bond acceptors (Lipinski definition) is 7. The highest BCUT2D eigenvalue weighted by Gasteiger charge is 2.27. The molecule has 0 aromatic carbocycles. The summed E-state index contributed by atoms with van der Waals surface area (Å²) in [7, 11) is 1.46. The van der Waals surface area contributed by atoms with Gasteiger partial charge in [0.25, 0.3) is 0 Å². The summed E-state index contributed by atoms with van der Waals surface area (Å²) in [5.41, 5.74) is 0. The summed E-state index contributed by atoms with van der Waals surface area (Å²) in [6.45, 7) is 4.25. The number of esters is 2. The number of likely N-dealkylation sites (N-methyl/N-ethyl adjacent to an activating group) is 1. The first-order chi connectivity index (χ1) is 28.5. The van der Waals surface area contributed by atoms with Crippen LogP contribution < -0.4 is 0 Å². The van der Waals surface area contributed by atoms with Crippen LogP contribution in [0.15, 0.2) is 72.9 Å². The van der Waals surface area contributed by atoms with E-state index in [0.717, 1.165) is 83.5 Å². The van der Waals surface area contributed by atoms with Gasteiger partial charge in [-0.25, -0.2) is 4.57 Å². The molecule has 0 heterocycles. The zero-order valence-corrected chi connectivity index (χ0v) is 39.1. The molecule has 0 amide bonds. The van der Waals surface area contributed by atoms with Crippen LogP contribution in [0.3, 0.4) is 0 Å². The summed E-state index contributed by atoms with van der Waals surface area (Å²) >= 11 is 0. The molecule has 0 fully saturated rings. The van der Waals surface area contributed by atoms with E-state index < -0.39 is 26.5 Å². The number of rotatable bonds is 41. The predicted octanol–water partition coefficient (Wildman–Crippen LogP) is 13.4. The molecule has 59 heavy (non-hydrogen) atoms. The van der Waals surface area contributed by atoms with Crippen molar-refractivity contribution in [2.75, 3.05) is 47.5 Å². The summed E-state index contributed by atoms with van der Waals surface area (Å²) in [6, 6.07) is 0. The van der Waals surface area contributed by atoms with E-state index in [1.165, 1.54) is 57.8 Å². The van der Waals surface area contributed by atoms with Crippen molar-refractivity contribution in [2.45, 2.75) is 180 Å². The average molecular weight is 849 g/mol. The molecule has 0 saturated carbocycles. The van der Waals surface area contributed by atoms with Crippen LogP contribution in [0.25, 0.3) is 0 Å². The van der Waals surface area contributed by atoms with Crippen LogP contribution >= 0.6 is 7.82 Å². The lowest BCUT2D eigenvalue weighted by Crippen LogP contribution is -2.37. The lowest BCUT2D eigenvalue weighted by Gasteiger charge is -2.24. The number of phosphoric acid groups is 1. The van der Waals surface area contributed by atoms with Gasteiger partial charge in [0.2, 0.25) is 0 Å². The van der Waals surface area contributed by atoms with E-state index in [1.807, 2.05) is 21.1 Å². The molecule has 0 spiro atoms. The highest BCUT2D eigenvalue weighted by molar-refractivity contribution is 7.47. The minimum atomic E-state index is -4.37. The van der Waals surface area contributed by atoms with Crippen molar-refractivity contribution in [3.05, 3.63) is 72.9 Å². The average Bonchev–Trinajstić information content (AvgIpc) is 3.19. The third kappa shape index (κ3) is 44.8. The fourth-order valence-electron chi connectivity index (χ4n) is 5.90. The van der Waals surface area contributed by atoms with Crippen molar-refractivity contribution in [3.63, 3.8) is 0 Å². The van der Waals surface area contributed by atoms with E-state index in [4.69, 9.17) is 18.5 Å². The molecule has 2 unspecified atom stereocenters. The van der Waals surface area contributed by atoms with Crippen molar-refractivity contribution < 1.29 is 42.1 Å². The number of nitrogens with zero attached hydrogens (tertiary/aromatic N) is 1. The lowest BCUT2D eigenvalue weighted by molar-refractivity contribution is -0.870. The number of quaternary nitrogens is 1. The van der Waals surface area contributed by atoms with E-state index in [-0.39, 0.29) is 32.0 Å². The van der Waals surface area contributed by atoms with Crippen LogP contribution in [-0.2, 0) is 32.7 Å². The fourth-order valence-corrected chi connectivity index (χ4v) is 6.64. The Labute approximate surface area is 361 Å². The Bertz CT molecular complexity index is 1230. The summed E-state index contributed by atoms with van der Waals surface area (Å²) in [4.78, 5) is 35.3. The molecule has 9 nitrogen and oxygen atoms in total. The fraction of sp³-hybridized carbons (Fsp3) is 0.714. The van der Waals surface area contributed by atoms with E-state index in [2.05, 4.69) is 86.8 Å². The van der Waals surface area contributed by atoms with Gasteiger partial charge in [-0.2, -0.15) is 0 Å². The Hall–Kier alpha value is -2.55. The van der Waals surface area contributed by atoms with Crippen molar-refractivity contribution >= 4 is 19.8 Å². The predicted molar refractivity (Wildman–Crippen MR) is 247 cm³/mol. The maximum atomic E-state index is 12.7. The second-order valence-electron chi connectivity index (χ2n) is 16.4. The first kappa shape index (κ1) is 56.5. The molecule has 0 aliphatic carbocycles. The van der Waals surface area contributed by atoms with Gasteiger partial charge in [0.05, 0.1) is 27.7 Å². The number of carbonyl (C=O) groups excluding carboxylic acids is 2. The Kier molecular flexibility index (Phi) is 39.1. The summed E-state index contributed by atoms with van der Waals surface area (Å²) in [6.07, 6.45) is 51.1. The third-order valence-corrected chi connectivity index (χ3v) is 10.5. The molecule has 0 aromatic heterocycles. The quantitative estimate of drug-likeness (QED) is 0.0213. The Morgan fingerprint density at radius 1 is 0.542 bits per heavy atom. The van der Waals surface area contributed by atoms with Crippen LogP contribution in [0.4, 0.5) is 0 Å². The van der Waals surface area contributed by atoms with Crippen molar-refractivity contribution in [1.82, 2.24) is 0 Å². The summed E-state index contributed by atoms with van der Waals surface area (Å²) < 4.78 is 34.2. The van der Waals surface area contributed by atoms with Gasteiger partial charge in [0.1, 0.15) is 19.8 Å². The molecule has 0 bridgehead atoms. The molecule has 0 saturated heterocycles. The van der Waals surface area contributed by atoms with Gasteiger partial charge < -0.3 is 18.9 Å². The Balaban J connectivity index is 4.20. The number of allylic oxidation sites excluding steroid dienone is 12. The molecule has 1 N–H and O–H groups in total. The Morgan fingerprint density at radius 2 is 0.966 bits per heavy atom. The van der Waals surface area contributed by atoms with Gasteiger partial charge in [-0.05, 0) is 64.2 Å². The molecule has 0 aromatic rings. The SMILES string of the molecule is CC/C=C\C/C=C\C/C=C\C/C=C\C/C=C\C/C=C\CCCCCCCCCCC(=O)OC(COC(=O)CCCCCCCCCC)COP(=O)(O)OCC[N+](C)(C)C. The van der Waals surface area contributed by atoms with Gasteiger partial charge in [-0.1, -0.05) is 170 Å². The second-order valence-corrected chi connectivity index (χ2v) is 17.9. The van der Waals surface area contributed by atoms with E-state index >= 15 is 0 Å². The monoisotopic (exact) mass is 849 g/mol. The van der Waals surface area contributed by atoms with E-state index in [9.17, 15) is 19.0 Å². The van der Waals surface area contributed by atoms with Crippen LogP contribution in [0.2, 0.25) is 0 Å². The number of phosphoric ester groups is 1. The molecule has 10 heteroatoms. The Morgan fingerprint density at radius 3 is 1.44 bits per heavy atom. The van der Waals surface area contributed by atoms with Gasteiger partial charge in [0.15, 0.2) is 6.10 Å². The van der Waals surface area contributed by atoms with Gasteiger partial charge in [-0.15, -0.1) is 0 Å². The molecule has 2 atom stereocenters. The van der Waals surface area contributed by atoms with Crippen molar-refractivity contribution in [1.29, 1.82) is 0 Å². The van der Waals surface area contributed by atoms with Crippen LogP contribution in [0, 0.1) is 0 Å². The molecule has 0 aliphatic rings. The first-order valence-corrected chi connectivity index (χ1v) is 24.7. The highest BCUT2D eigenvalue weighted by atomic mass is 31.2. The van der Waals surface area contributed by atoms with Gasteiger partial charge in [0, 0.05) is 12.8 Å². The molecule has 0 radical (unpaired) electrons. The van der Waals surface area contributed by atoms with Crippen LogP contribution in [0.5, 0.6) is 0 Å². The zero-order chi connectivity index (χ0) is 43.6. The van der Waals surface area contributed by atoms with Crippen molar-refractivity contribution in [3.8, 4) is 0 Å². The standard InChI is InChI=1S/C49H86NO8P/c1-6-8-10-12-14-16-17-18-19-20-21-22-23-24-25-26-27-28-29-30-31-32-33-34-36-38-40-42-49(52)58-47(46-57-59(53,54)56-44-43-50(3,4)5)45-55-48(51)41-39-37-35-15-13-11-9-7-2/h8,10,14,16,18-19,21-22,24-25,27-28,47H,6-7,9,11-13,15,17,20,23,26,29-46H2,1-5H3/p+1/b10-8-,16-14-,19-18-,22-21-,25-24-,28-27-. The maximum Gasteiger partial charge on any atom is 0.472 e. The topological polar surface area (TPSA) is 108 Å². The summed E-state index contributed by atoms with van der Waals surface area (Å²) in [5, 5.41) is 0. The largest absolute Gasteiger partial charge is 0.472 e. The summed E-state index contributed by atoms with van der Waals surface area (Å²) in [5.74, 6) is -0.817. The van der Waals surface area contributed by atoms with E-state index in [0.29, 0.717) is 17.4 Å². The van der Waals surface area contributed by atoms with Crippen LogP contribution in [-0.4, -0.2) is 74.9 Å². The van der Waals surface area contributed by atoms with Crippen LogP contribution in [0.1, 0.15) is 174 Å². The maximum absolute atomic E-state index is 12.7. The van der Waals surface area contributed by atoms with Crippen molar-refractivity contribution in [2.24, 2.45) is 0 Å². The normalized spacial score (nSPS) is 14.2. The number of ether oxygens (including phenoxy) is 2. The van der Waals surface area contributed by atoms with Gasteiger partial charge >= 0.3 is 19.8 Å². The smallest absolute Gasteiger partial charge is 0.462 e. The molecular formula is C49H87NO8P+. The number of unbranched alkanes of at least 4 members (excludes halogenated alkanes) is 15.